The molecule has 0 aromatic carbocycles. The first-order valence-corrected chi connectivity index (χ1v) is 6.44. The molecule has 0 aromatic rings. The second kappa shape index (κ2) is 5.56. The van der Waals surface area contributed by atoms with E-state index in [-0.39, 0.29) is 6.09 Å². The molecule has 0 saturated carbocycles. The van der Waals surface area contributed by atoms with Crippen molar-refractivity contribution in [3.63, 3.8) is 0 Å². The summed E-state index contributed by atoms with van der Waals surface area (Å²) in [6, 6.07) is 0. The lowest BCUT2D eigenvalue weighted by atomic mass is 9.98. The van der Waals surface area contributed by atoms with E-state index in [0.717, 1.165) is 19.4 Å². The van der Waals surface area contributed by atoms with Crippen molar-refractivity contribution in [2.45, 2.75) is 53.1 Å². The summed E-state index contributed by atoms with van der Waals surface area (Å²) < 4.78 is 5.35. The van der Waals surface area contributed by atoms with E-state index in [4.69, 9.17) is 4.74 Å². The van der Waals surface area contributed by atoms with Crippen LogP contribution in [0.5, 0.6) is 0 Å². The van der Waals surface area contributed by atoms with Gasteiger partial charge in [0.1, 0.15) is 5.60 Å². The maximum absolute atomic E-state index is 11.8. The summed E-state index contributed by atoms with van der Waals surface area (Å²) in [5.41, 5.74) is 1.07. The van der Waals surface area contributed by atoms with Gasteiger partial charge in [0.05, 0.1) is 0 Å². The zero-order valence-electron chi connectivity index (χ0n) is 11.7. The van der Waals surface area contributed by atoms with Crippen LogP contribution in [0.3, 0.4) is 0 Å². The molecule has 1 heterocycles. The van der Waals surface area contributed by atoms with Crippen molar-refractivity contribution in [3.8, 4) is 0 Å². The lowest BCUT2D eigenvalue weighted by molar-refractivity contribution is 0.0265. The van der Waals surface area contributed by atoms with Crippen molar-refractivity contribution in [1.82, 2.24) is 4.90 Å². The molecule has 0 fully saturated rings. The van der Waals surface area contributed by atoms with Crippen molar-refractivity contribution >= 4 is 6.09 Å². The molecule has 0 bridgehead atoms. The number of nitrogens with zero attached hydrogens (tertiary/aromatic N) is 1. The van der Waals surface area contributed by atoms with Gasteiger partial charge >= 0.3 is 6.09 Å². The Hall–Kier alpha value is -0.990. The molecule has 1 aliphatic rings. The quantitative estimate of drug-likeness (QED) is 0.689. The Morgan fingerprint density at radius 1 is 1.47 bits per heavy atom. The molecular weight excluding hydrogens is 214 g/mol. The number of ether oxygens (including phenoxy) is 1. The Morgan fingerprint density at radius 2 is 2.12 bits per heavy atom. The maximum atomic E-state index is 11.8. The van der Waals surface area contributed by atoms with Crippen LogP contribution in [0.15, 0.2) is 11.6 Å². The summed E-state index contributed by atoms with van der Waals surface area (Å²) in [7, 11) is 0. The van der Waals surface area contributed by atoms with Crippen molar-refractivity contribution in [1.29, 1.82) is 0 Å². The van der Waals surface area contributed by atoms with Crippen molar-refractivity contribution in [2.24, 2.45) is 5.92 Å². The van der Waals surface area contributed by atoms with Gasteiger partial charge in [-0.2, -0.15) is 0 Å². The Bertz CT molecular complexity index is 300. The van der Waals surface area contributed by atoms with E-state index in [0.29, 0.717) is 12.5 Å². The number of hydrogen-bond donors (Lipinski definition) is 0. The zero-order valence-corrected chi connectivity index (χ0v) is 11.7. The molecule has 17 heavy (non-hydrogen) atoms. The Kier molecular flexibility index (Phi) is 4.61. The molecule has 1 rings (SSSR count). The van der Waals surface area contributed by atoms with Crippen LogP contribution in [0, 0.1) is 5.92 Å². The number of amides is 1. The SMILES string of the molecule is CC(C)CC1=CCN(C(=O)OC(C)(C)C)CC1. The number of hydrogen-bond acceptors (Lipinski definition) is 2. The Labute approximate surface area is 105 Å². The van der Waals surface area contributed by atoms with Crippen molar-refractivity contribution in [2.75, 3.05) is 13.1 Å². The third kappa shape index (κ3) is 5.24. The Balaban J connectivity index is 2.46. The summed E-state index contributed by atoms with van der Waals surface area (Å²) in [6.07, 6.45) is 4.10. The predicted molar refractivity (Wildman–Crippen MR) is 70.0 cm³/mol. The van der Waals surface area contributed by atoms with Gasteiger partial charge < -0.3 is 9.64 Å². The standard InChI is InChI=1S/C14H25NO2/c1-11(2)10-12-6-8-15(9-7-12)13(16)17-14(3,4)5/h6,11H,7-10H2,1-5H3. The maximum Gasteiger partial charge on any atom is 0.410 e. The van der Waals surface area contributed by atoms with Crippen LogP contribution in [0.2, 0.25) is 0 Å². The highest BCUT2D eigenvalue weighted by atomic mass is 16.6. The van der Waals surface area contributed by atoms with Gasteiger partial charge in [0.25, 0.3) is 0 Å². The molecule has 0 unspecified atom stereocenters. The van der Waals surface area contributed by atoms with Crippen LogP contribution >= 0.6 is 0 Å². The van der Waals surface area contributed by atoms with Gasteiger partial charge in [-0.05, 0) is 39.5 Å². The molecular formula is C14H25NO2. The minimum atomic E-state index is -0.404. The molecule has 0 saturated heterocycles. The fraction of sp³-hybridized carbons (Fsp3) is 0.786. The van der Waals surface area contributed by atoms with E-state index in [1.165, 1.54) is 5.57 Å². The molecule has 1 amide bonds. The monoisotopic (exact) mass is 239 g/mol. The van der Waals surface area contributed by atoms with E-state index in [1.54, 1.807) is 4.90 Å². The van der Waals surface area contributed by atoms with E-state index in [2.05, 4.69) is 19.9 Å². The molecule has 0 atom stereocenters. The predicted octanol–water partition coefficient (Wildman–Crippen LogP) is 3.60. The lowest BCUT2D eigenvalue weighted by Gasteiger charge is -2.29. The van der Waals surface area contributed by atoms with Crippen LogP contribution in [-0.4, -0.2) is 29.7 Å². The number of rotatable bonds is 2. The summed E-state index contributed by atoms with van der Waals surface area (Å²) in [4.78, 5) is 13.6. The summed E-state index contributed by atoms with van der Waals surface area (Å²) in [5.74, 6) is 0.689. The summed E-state index contributed by atoms with van der Waals surface area (Å²) >= 11 is 0. The van der Waals surface area contributed by atoms with Gasteiger partial charge in [0.15, 0.2) is 0 Å². The molecule has 0 aliphatic carbocycles. The molecule has 1 aliphatic heterocycles. The average molecular weight is 239 g/mol. The Morgan fingerprint density at radius 3 is 2.53 bits per heavy atom. The van der Waals surface area contributed by atoms with Crippen LogP contribution in [0.25, 0.3) is 0 Å². The first kappa shape index (κ1) is 14.1. The van der Waals surface area contributed by atoms with Crippen LogP contribution in [0.1, 0.15) is 47.5 Å². The minimum Gasteiger partial charge on any atom is -0.444 e. The second-order valence-corrected chi connectivity index (χ2v) is 6.14. The lowest BCUT2D eigenvalue weighted by Crippen LogP contribution is -2.39. The third-order valence-corrected chi connectivity index (χ3v) is 2.63. The van der Waals surface area contributed by atoms with Gasteiger partial charge in [0.2, 0.25) is 0 Å². The highest BCUT2D eigenvalue weighted by Gasteiger charge is 2.23. The van der Waals surface area contributed by atoms with Gasteiger partial charge in [0, 0.05) is 13.1 Å². The highest BCUT2D eigenvalue weighted by molar-refractivity contribution is 5.68. The van der Waals surface area contributed by atoms with Gasteiger partial charge in [-0.25, -0.2) is 4.79 Å². The number of carbonyl (C=O) groups is 1. The second-order valence-electron chi connectivity index (χ2n) is 6.14. The normalized spacial score (nSPS) is 17.1. The average Bonchev–Trinajstić information content (AvgIpc) is 2.15. The molecule has 3 heteroatoms. The first-order valence-electron chi connectivity index (χ1n) is 6.44. The topological polar surface area (TPSA) is 29.5 Å². The summed E-state index contributed by atoms with van der Waals surface area (Å²) in [5, 5.41) is 0. The van der Waals surface area contributed by atoms with Gasteiger partial charge in [-0.3, -0.25) is 0 Å². The fourth-order valence-corrected chi connectivity index (χ4v) is 1.91. The van der Waals surface area contributed by atoms with Crippen LogP contribution in [-0.2, 0) is 4.74 Å². The molecule has 0 spiro atoms. The molecule has 3 nitrogen and oxygen atoms in total. The van der Waals surface area contributed by atoms with E-state index in [1.807, 2.05) is 20.8 Å². The summed E-state index contributed by atoms with van der Waals surface area (Å²) in [6.45, 7) is 11.6. The largest absolute Gasteiger partial charge is 0.444 e. The zero-order chi connectivity index (χ0) is 13.1. The van der Waals surface area contributed by atoms with Crippen molar-refractivity contribution in [3.05, 3.63) is 11.6 Å². The van der Waals surface area contributed by atoms with Crippen molar-refractivity contribution < 1.29 is 9.53 Å². The first-order chi connectivity index (χ1) is 7.78. The van der Waals surface area contributed by atoms with E-state index >= 15 is 0 Å². The van der Waals surface area contributed by atoms with Crippen LogP contribution < -0.4 is 0 Å². The minimum absolute atomic E-state index is 0.197. The van der Waals surface area contributed by atoms with Crippen LogP contribution in [0.4, 0.5) is 4.79 Å². The van der Waals surface area contributed by atoms with E-state index in [9.17, 15) is 4.79 Å². The smallest absolute Gasteiger partial charge is 0.410 e. The van der Waals surface area contributed by atoms with Gasteiger partial charge in [-0.1, -0.05) is 25.5 Å². The van der Waals surface area contributed by atoms with Gasteiger partial charge in [-0.15, -0.1) is 0 Å². The third-order valence-electron chi connectivity index (χ3n) is 2.63. The number of carbonyl (C=O) groups excluding carboxylic acids is 1. The highest BCUT2D eigenvalue weighted by Crippen LogP contribution is 2.20. The molecule has 0 radical (unpaired) electrons. The fourth-order valence-electron chi connectivity index (χ4n) is 1.91. The molecule has 0 aromatic heterocycles. The molecule has 0 N–H and O–H groups in total. The van der Waals surface area contributed by atoms with E-state index < -0.39 is 5.60 Å². The molecule has 98 valence electrons.